The van der Waals surface area contributed by atoms with Crippen molar-refractivity contribution in [3.8, 4) is 0 Å². The summed E-state index contributed by atoms with van der Waals surface area (Å²) in [4.78, 5) is 100. The van der Waals surface area contributed by atoms with E-state index in [9.17, 15) is 42.3 Å². The topological polar surface area (TPSA) is 211 Å². The Morgan fingerprint density at radius 2 is 1.38 bits per heavy atom. The summed E-state index contributed by atoms with van der Waals surface area (Å²) in [5.74, 6) is -9.71. The minimum absolute atomic E-state index is 0.0269. The standard InChI is InChI=1S/C53H78F2N6O10/c1-7-8-9-10-11-12-13-20-25-43-36(4)51(67)61(6)42(30-35(2)3)48(64)60-46(40-26-28-53(54,55)29-27-40)50(66)58-41(31-57-52(68)70-34-39-23-18-15-19-24-39)47(63)59-45(49(65)56-32-44(62)71-43)37(5)69-33-38-21-16-14-17-22-38/h14-19,21-24,35-37,40-43,45-46H,7-13,20,25-34H2,1-6H3,(H,56,65)(H,57,68)(H,58,66)(H,59,63)(H,60,64)/t36-,37+,41+,42+,43-,45+,46?/m1/s1. The lowest BCUT2D eigenvalue weighted by Gasteiger charge is -2.37. The van der Waals surface area contributed by atoms with Gasteiger partial charge in [0.25, 0.3) is 0 Å². The molecular formula is C53H78F2N6O10. The van der Waals surface area contributed by atoms with E-state index in [0.717, 1.165) is 44.1 Å². The molecule has 2 fully saturated rings. The van der Waals surface area contributed by atoms with Crippen molar-refractivity contribution in [2.24, 2.45) is 17.8 Å². The van der Waals surface area contributed by atoms with E-state index in [4.69, 9.17) is 14.2 Å². The Balaban J connectivity index is 1.73. The fourth-order valence-corrected chi connectivity index (χ4v) is 8.91. The second-order valence-corrected chi connectivity index (χ2v) is 19.6. The monoisotopic (exact) mass is 997 g/mol. The minimum atomic E-state index is -3.00. The molecule has 0 bridgehead atoms. The molecule has 2 aliphatic rings. The van der Waals surface area contributed by atoms with Gasteiger partial charge in [-0.25, -0.2) is 13.6 Å². The molecule has 16 nitrogen and oxygen atoms in total. The number of likely N-dealkylation sites (N-methyl/N-ethyl adjacent to an activating group) is 1. The van der Waals surface area contributed by atoms with Crippen LogP contribution in [0, 0.1) is 17.8 Å². The fourth-order valence-electron chi connectivity index (χ4n) is 8.91. The smallest absolute Gasteiger partial charge is 0.407 e. The Morgan fingerprint density at radius 1 is 0.789 bits per heavy atom. The number of alkyl halides is 2. The number of hydrogen-bond acceptors (Lipinski definition) is 10. The molecule has 6 amide bonds. The lowest BCUT2D eigenvalue weighted by molar-refractivity contribution is -0.158. The summed E-state index contributed by atoms with van der Waals surface area (Å²) in [6.07, 6.45) is 4.14. The Morgan fingerprint density at radius 3 is 1.99 bits per heavy atom. The number of hydrogen-bond donors (Lipinski definition) is 5. The van der Waals surface area contributed by atoms with Gasteiger partial charge >= 0.3 is 12.1 Å². The van der Waals surface area contributed by atoms with Gasteiger partial charge in [-0.1, -0.05) is 133 Å². The molecule has 4 rings (SSSR count). The van der Waals surface area contributed by atoms with Crippen molar-refractivity contribution in [3.05, 3.63) is 71.8 Å². The number of benzene rings is 2. The quantitative estimate of drug-likeness (QED) is 0.0686. The zero-order chi connectivity index (χ0) is 51.9. The maximum atomic E-state index is 14.7. The maximum absolute atomic E-state index is 14.7. The largest absolute Gasteiger partial charge is 0.460 e. The first-order valence-electron chi connectivity index (χ1n) is 25.5. The van der Waals surface area contributed by atoms with E-state index in [-0.39, 0.29) is 38.4 Å². The molecule has 1 saturated carbocycles. The van der Waals surface area contributed by atoms with Crippen molar-refractivity contribution in [2.45, 2.75) is 180 Å². The minimum Gasteiger partial charge on any atom is -0.460 e. The van der Waals surface area contributed by atoms with Gasteiger partial charge in [-0.05, 0) is 62.0 Å². The van der Waals surface area contributed by atoms with Crippen LogP contribution in [0.1, 0.15) is 136 Å². The predicted octanol–water partition coefficient (Wildman–Crippen LogP) is 6.88. The van der Waals surface area contributed by atoms with Crippen molar-refractivity contribution in [2.75, 3.05) is 20.1 Å². The Hall–Kier alpha value is -5.65. The van der Waals surface area contributed by atoms with Crippen molar-refractivity contribution in [1.29, 1.82) is 0 Å². The summed E-state index contributed by atoms with van der Waals surface area (Å²) in [6.45, 7) is 7.72. The van der Waals surface area contributed by atoms with E-state index in [2.05, 4.69) is 33.5 Å². The predicted molar refractivity (Wildman–Crippen MR) is 263 cm³/mol. The maximum Gasteiger partial charge on any atom is 0.407 e. The lowest BCUT2D eigenvalue weighted by atomic mass is 9.81. The fraction of sp³-hybridized carbons (Fsp3) is 0.642. The molecule has 0 spiro atoms. The average molecular weight is 997 g/mol. The number of nitrogens with one attached hydrogen (secondary N) is 5. The number of halogens is 2. The van der Waals surface area contributed by atoms with Gasteiger partial charge in [-0.3, -0.25) is 28.8 Å². The van der Waals surface area contributed by atoms with Crippen molar-refractivity contribution < 1.29 is 56.6 Å². The van der Waals surface area contributed by atoms with Crippen LogP contribution in [0.15, 0.2) is 60.7 Å². The number of nitrogens with zero attached hydrogens (tertiary/aromatic N) is 1. The van der Waals surface area contributed by atoms with Crippen LogP contribution in [-0.2, 0) is 56.2 Å². The molecule has 1 saturated heterocycles. The third kappa shape index (κ3) is 19.8. The molecule has 0 radical (unpaired) electrons. The van der Waals surface area contributed by atoms with Crippen LogP contribution in [0.4, 0.5) is 13.6 Å². The Labute approximate surface area is 418 Å². The lowest BCUT2D eigenvalue weighted by Crippen LogP contribution is -2.63. The summed E-state index contributed by atoms with van der Waals surface area (Å²) in [6, 6.07) is 12.1. The van der Waals surface area contributed by atoms with Crippen molar-refractivity contribution >= 4 is 41.6 Å². The van der Waals surface area contributed by atoms with E-state index in [1.807, 2.05) is 32.0 Å². The average Bonchev–Trinajstić information content (AvgIpc) is 3.35. The van der Waals surface area contributed by atoms with Gasteiger partial charge in [0.1, 0.15) is 43.4 Å². The van der Waals surface area contributed by atoms with Crippen molar-refractivity contribution in [3.63, 3.8) is 0 Å². The third-order valence-electron chi connectivity index (χ3n) is 13.3. The van der Waals surface area contributed by atoms with Crippen LogP contribution >= 0.6 is 0 Å². The van der Waals surface area contributed by atoms with Gasteiger partial charge in [0.2, 0.25) is 35.5 Å². The van der Waals surface area contributed by atoms with E-state index >= 15 is 0 Å². The zero-order valence-electron chi connectivity index (χ0n) is 42.5. The number of alkyl carbamates (subject to hydrolysis) is 1. The number of unbranched alkanes of at least 4 members (excludes halogenated alkanes) is 7. The van der Waals surface area contributed by atoms with Gasteiger partial charge in [0.05, 0.1) is 25.2 Å². The summed E-state index contributed by atoms with van der Waals surface area (Å²) in [5, 5.41) is 13.1. The van der Waals surface area contributed by atoms with Crippen molar-refractivity contribution in [1.82, 2.24) is 31.5 Å². The molecule has 71 heavy (non-hydrogen) atoms. The second kappa shape index (κ2) is 29.6. The highest BCUT2D eigenvalue weighted by molar-refractivity contribution is 5.96. The number of cyclic esters (lactones) is 1. The molecule has 1 aliphatic carbocycles. The first-order chi connectivity index (χ1) is 33.9. The SMILES string of the molecule is CCCCCCCCCC[C@H]1OC(=O)CNC(=O)[C@H]([C@H](C)OCc2ccccc2)NC(=O)[C@H](CNC(=O)OCc2ccccc2)NC(=O)C(C2CCC(F)(F)CC2)NC(=O)[C@H](CC(C)C)N(C)C(=O)[C@@H]1C. The number of esters is 1. The number of amides is 6. The summed E-state index contributed by atoms with van der Waals surface area (Å²) < 4.78 is 46.7. The number of rotatable bonds is 20. The van der Waals surface area contributed by atoms with Gasteiger partial charge < -0.3 is 45.7 Å². The molecule has 1 aliphatic heterocycles. The highest BCUT2D eigenvalue weighted by Crippen LogP contribution is 2.38. The summed E-state index contributed by atoms with van der Waals surface area (Å²) in [7, 11) is 1.46. The highest BCUT2D eigenvalue weighted by Gasteiger charge is 2.43. The molecule has 7 atom stereocenters. The first kappa shape index (κ1) is 57.9. The number of ether oxygens (including phenoxy) is 3. The third-order valence-corrected chi connectivity index (χ3v) is 13.3. The molecule has 2 aromatic rings. The van der Waals surface area contributed by atoms with E-state index < -0.39 is 122 Å². The molecule has 1 heterocycles. The van der Waals surface area contributed by atoms with Gasteiger partial charge in [0, 0.05) is 19.9 Å². The van der Waals surface area contributed by atoms with Crippen LogP contribution in [0.2, 0.25) is 0 Å². The molecule has 1 unspecified atom stereocenters. The normalized spacial score (nSPS) is 23.8. The zero-order valence-corrected chi connectivity index (χ0v) is 42.5. The van der Waals surface area contributed by atoms with Crippen LogP contribution in [0.3, 0.4) is 0 Å². The second-order valence-electron chi connectivity index (χ2n) is 19.6. The summed E-state index contributed by atoms with van der Waals surface area (Å²) in [5.41, 5.74) is 1.44. The van der Waals surface area contributed by atoms with E-state index in [1.165, 1.54) is 25.3 Å². The van der Waals surface area contributed by atoms with Gasteiger partial charge in [0.15, 0.2) is 0 Å². The number of carbonyl (C=O) groups is 7. The highest BCUT2D eigenvalue weighted by atomic mass is 19.3. The van der Waals surface area contributed by atoms with Crippen LogP contribution in [-0.4, -0.2) is 109 Å². The van der Waals surface area contributed by atoms with E-state index in [1.54, 1.807) is 49.4 Å². The Kier molecular flexibility index (Phi) is 24.2. The molecule has 18 heteroatoms. The van der Waals surface area contributed by atoms with E-state index in [0.29, 0.717) is 18.4 Å². The molecule has 394 valence electrons. The van der Waals surface area contributed by atoms with Crippen LogP contribution < -0.4 is 26.6 Å². The molecular weight excluding hydrogens is 919 g/mol. The number of carbonyl (C=O) groups excluding carboxylic acids is 7. The van der Waals surface area contributed by atoms with Crippen LogP contribution in [0.5, 0.6) is 0 Å². The first-order valence-corrected chi connectivity index (χ1v) is 25.5. The Bertz CT molecular complexity index is 2000. The van der Waals surface area contributed by atoms with Gasteiger partial charge in [-0.2, -0.15) is 0 Å². The summed E-state index contributed by atoms with van der Waals surface area (Å²) >= 11 is 0. The molecule has 2 aromatic carbocycles. The molecule has 0 aromatic heterocycles. The van der Waals surface area contributed by atoms with Crippen LogP contribution in [0.25, 0.3) is 0 Å². The van der Waals surface area contributed by atoms with Gasteiger partial charge in [-0.15, -0.1) is 0 Å². The molecule has 5 N–H and O–H groups in total.